The highest BCUT2D eigenvalue weighted by molar-refractivity contribution is 6.05. The molecule has 0 radical (unpaired) electrons. The summed E-state index contributed by atoms with van der Waals surface area (Å²) in [5.41, 5.74) is 0.998. The number of hydrogen-bond donors (Lipinski definition) is 1. The molecule has 0 unspecified atom stereocenters. The average molecular weight is 547 g/mol. The van der Waals surface area contributed by atoms with Gasteiger partial charge in [0.15, 0.2) is 23.8 Å². The topological polar surface area (TPSA) is 130 Å². The predicted molar refractivity (Wildman–Crippen MR) is 145 cm³/mol. The molecule has 1 aliphatic heterocycles. The van der Waals surface area contributed by atoms with E-state index in [0.717, 1.165) is 30.9 Å². The number of carbonyl (C=O) groups excluding carboxylic acids is 3. The lowest BCUT2D eigenvalue weighted by atomic mass is 9.86. The molecule has 12 heteroatoms. The van der Waals surface area contributed by atoms with Crippen LogP contribution in [0.25, 0.3) is 11.8 Å². The summed E-state index contributed by atoms with van der Waals surface area (Å²) in [6.45, 7) is 2.90. The lowest BCUT2D eigenvalue weighted by molar-refractivity contribution is -0.424. The van der Waals surface area contributed by atoms with Crippen LogP contribution in [0.15, 0.2) is 41.8 Å². The maximum Gasteiger partial charge on any atom is 0.303 e. The summed E-state index contributed by atoms with van der Waals surface area (Å²) < 4.78 is 13.9. The second-order valence-electron chi connectivity index (χ2n) is 10.0. The van der Waals surface area contributed by atoms with Gasteiger partial charge in [0, 0.05) is 43.3 Å². The largest absolute Gasteiger partial charge is 0.496 e. The number of carbonyl (C=O) groups is 3. The van der Waals surface area contributed by atoms with Crippen molar-refractivity contribution in [2.24, 2.45) is 11.0 Å². The first-order chi connectivity index (χ1) is 19.2. The number of nitrogens with zero attached hydrogens (tertiary/aromatic N) is 6. The van der Waals surface area contributed by atoms with Crippen LogP contribution >= 0.6 is 0 Å². The van der Waals surface area contributed by atoms with Crippen molar-refractivity contribution in [3.63, 3.8) is 0 Å². The number of esters is 1. The van der Waals surface area contributed by atoms with E-state index in [1.807, 2.05) is 6.20 Å². The van der Waals surface area contributed by atoms with Gasteiger partial charge in [0.2, 0.25) is 6.20 Å². The molecule has 5 rings (SSSR count). The van der Waals surface area contributed by atoms with E-state index in [9.17, 15) is 14.4 Å². The number of nitrogens with one attached hydrogen (secondary N) is 1. The van der Waals surface area contributed by atoms with Crippen molar-refractivity contribution in [3.8, 4) is 5.75 Å². The third kappa shape index (κ3) is 5.56. The minimum absolute atomic E-state index is 0.0975. The second-order valence-corrected chi connectivity index (χ2v) is 10.0. The van der Waals surface area contributed by atoms with Gasteiger partial charge in [0.05, 0.1) is 24.1 Å². The Labute approximate surface area is 230 Å². The molecular formula is C28H32N7O5+. The number of rotatable bonds is 7. The van der Waals surface area contributed by atoms with Crippen LogP contribution in [0, 0.1) is 5.92 Å². The standard InChI is InChI=1S/C28H31N7O5/c1-17(40-18(2)36)28(38)33(3)21-9-7-19(8-10-21)15-34-16-20-12-22(24(39-4)13-23(20)32-34)27(37)31-26-14-29-25-6-5-11-30-35(25)26/h5-6,11-17,19,21H,7-10H2,1-4H3/p+1/b34-15-/t17-,19?,21?/m1/s1. The van der Waals surface area contributed by atoms with Gasteiger partial charge in [-0.25, -0.2) is 4.98 Å². The second kappa shape index (κ2) is 11.2. The predicted octanol–water partition coefficient (Wildman–Crippen LogP) is 1.33. The van der Waals surface area contributed by atoms with Crippen molar-refractivity contribution in [2.45, 2.75) is 51.7 Å². The first kappa shape index (κ1) is 27.0. The number of ether oxygens (including phenoxy) is 2. The van der Waals surface area contributed by atoms with Crippen LogP contribution in [0.5, 0.6) is 5.75 Å². The molecule has 3 heterocycles. The molecule has 1 saturated carbocycles. The zero-order chi connectivity index (χ0) is 28.4. The van der Waals surface area contributed by atoms with Crippen LogP contribution in [0.4, 0.5) is 5.82 Å². The van der Waals surface area contributed by atoms with Gasteiger partial charge in [-0.2, -0.15) is 9.61 Å². The number of hydrogen-bond acceptors (Lipinski definition) is 8. The third-order valence-corrected chi connectivity index (χ3v) is 7.30. The molecule has 2 aliphatic rings. The average Bonchev–Trinajstić information content (AvgIpc) is 3.54. The fraction of sp³-hybridized carbons (Fsp3) is 0.393. The number of methoxy groups -OCH3 is 1. The minimum atomic E-state index is -0.789. The number of anilines is 1. The van der Waals surface area contributed by atoms with Gasteiger partial charge in [0.25, 0.3) is 11.8 Å². The van der Waals surface area contributed by atoms with Gasteiger partial charge in [-0.3, -0.25) is 14.4 Å². The minimum Gasteiger partial charge on any atom is -0.496 e. The van der Waals surface area contributed by atoms with Crippen LogP contribution in [-0.2, 0) is 14.3 Å². The number of benzene rings is 1. The molecule has 0 spiro atoms. The normalized spacial score (nSPS) is 19.8. The monoisotopic (exact) mass is 546 g/mol. The number of fused-ring (bicyclic) bond motifs is 2. The van der Waals surface area contributed by atoms with Gasteiger partial charge < -0.3 is 19.7 Å². The van der Waals surface area contributed by atoms with Gasteiger partial charge in [-0.1, -0.05) is 4.68 Å². The van der Waals surface area contributed by atoms with E-state index < -0.39 is 12.1 Å². The van der Waals surface area contributed by atoms with Gasteiger partial charge in [-0.05, 0) is 50.8 Å². The SMILES string of the molecule is COc1cc2c(cc1C(=O)Nc1cnc3cccnn13)=C/[N+](=C/C1CCC(N(C)C(=O)[C@@H](C)OC(C)=O)CC1)N=2. The van der Waals surface area contributed by atoms with E-state index in [0.29, 0.717) is 28.1 Å². The van der Waals surface area contributed by atoms with E-state index in [4.69, 9.17) is 9.47 Å². The highest BCUT2D eigenvalue weighted by atomic mass is 16.5. The van der Waals surface area contributed by atoms with Crippen LogP contribution < -0.4 is 20.6 Å². The first-order valence-corrected chi connectivity index (χ1v) is 13.2. The Bertz CT molecular complexity index is 1620. The van der Waals surface area contributed by atoms with Crippen molar-refractivity contribution in [1.82, 2.24) is 19.5 Å². The fourth-order valence-corrected chi connectivity index (χ4v) is 5.21. The smallest absolute Gasteiger partial charge is 0.303 e. The Morgan fingerprint density at radius 1 is 1.23 bits per heavy atom. The maximum absolute atomic E-state index is 13.2. The van der Waals surface area contributed by atoms with E-state index in [1.165, 1.54) is 14.0 Å². The summed E-state index contributed by atoms with van der Waals surface area (Å²) in [4.78, 5) is 42.9. The zero-order valence-electron chi connectivity index (χ0n) is 22.9. The number of imidazole rings is 1. The van der Waals surface area contributed by atoms with E-state index in [1.54, 1.807) is 64.7 Å². The summed E-state index contributed by atoms with van der Waals surface area (Å²) in [6.07, 6.45) is 9.83. The molecule has 1 aliphatic carbocycles. The van der Waals surface area contributed by atoms with Crippen LogP contribution in [0.2, 0.25) is 0 Å². The van der Waals surface area contributed by atoms with Crippen LogP contribution in [0.3, 0.4) is 0 Å². The molecule has 1 fully saturated rings. The van der Waals surface area contributed by atoms with Crippen molar-refractivity contribution >= 4 is 41.7 Å². The number of aromatic nitrogens is 3. The summed E-state index contributed by atoms with van der Waals surface area (Å²) in [7, 11) is 3.29. The van der Waals surface area contributed by atoms with Gasteiger partial charge in [0.1, 0.15) is 11.1 Å². The Hall–Kier alpha value is -4.61. The number of amides is 2. The molecule has 0 bridgehead atoms. The molecule has 1 atom stereocenters. The molecule has 2 amide bonds. The highest BCUT2D eigenvalue weighted by Gasteiger charge is 2.31. The van der Waals surface area contributed by atoms with Gasteiger partial charge in [-0.15, -0.1) is 0 Å². The molecule has 1 aromatic carbocycles. The first-order valence-electron chi connectivity index (χ1n) is 13.2. The summed E-state index contributed by atoms with van der Waals surface area (Å²) >= 11 is 0. The molecule has 0 saturated heterocycles. The molecule has 208 valence electrons. The van der Waals surface area contributed by atoms with E-state index >= 15 is 0 Å². The van der Waals surface area contributed by atoms with Crippen LogP contribution in [0.1, 0.15) is 49.9 Å². The fourth-order valence-electron chi connectivity index (χ4n) is 5.21. The summed E-state index contributed by atoms with van der Waals surface area (Å²) in [6, 6.07) is 7.19. The van der Waals surface area contributed by atoms with E-state index in [2.05, 4.69) is 26.7 Å². The molecule has 40 heavy (non-hydrogen) atoms. The summed E-state index contributed by atoms with van der Waals surface area (Å²) in [5.74, 6) is 0.153. The lowest BCUT2D eigenvalue weighted by Crippen LogP contribution is -2.45. The maximum atomic E-state index is 13.2. The summed E-state index contributed by atoms with van der Waals surface area (Å²) in [5, 5.41) is 13.3. The number of likely N-dealkylation sites (N-methyl/N-ethyl adjacent to an activating group) is 1. The van der Waals surface area contributed by atoms with Crippen LogP contribution in [-0.4, -0.2) is 74.5 Å². The highest BCUT2D eigenvalue weighted by Crippen LogP contribution is 2.27. The molecule has 3 aromatic rings. The molecule has 2 aromatic heterocycles. The van der Waals surface area contributed by atoms with Crippen molar-refractivity contribution in [1.29, 1.82) is 0 Å². The molecule has 12 nitrogen and oxygen atoms in total. The zero-order valence-corrected chi connectivity index (χ0v) is 22.9. The Morgan fingerprint density at radius 3 is 2.73 bits per heavy atom. The van der Waals surface area contributed by atoms with Crippen molar-refractivity contribution in [2.75, 3.05) is 19.5 Å². The molecular weight excluding hydrogens is 514 g/mol. The third-order valence-electron chi connectivity index (χ3n) is 7.30. The van der Waals surface area contributed by atoms with Crippen molar-refractivity contribution < 1.29 is 28.5 Å². The lowest BCUT2D eigenvalue weighted by Gasteiger charge is -2.34. The Balaban J connectivity index is 1.27. The van der Waals surface area contributed by atoms with Gasteiger partial charge >= 0.3 is 5.97 Å². The quantitative estimate of drug-likeness (QED) is 0.350. The van der Waals surface area contributed by atoms with E-state index in [-0.39, 0.29) is 23.8 Å². The molecule has 1 N–H and O–H groups in total. The Kier molecular flexibility index (Phi) is 7.58. The Morgan fingerprint density at radius 2 is 2.00 bits per heavy atom. The van der Waals surface area contributed by atoms with Crippen molar-refractivity contribution in [3.05, 3.63) is 52.8 Å².